The van der Waals surface area contributed by atoms with Crippen LogP contribution in [0.3, 0.4) is 0 Å². The molecule has 1 aromatic carbocycles. The van der Waals surface area contributed by atoms with Crippen molar-refractivity contribution < 1.29 is 9.47 Å². The Hall–Kier alpha value is -0.480. The van der Waals surface area contributed by atoms with E-state index in [9.17, 15) is 0 Å². The third kappa shape index (κ3) is 2.55. The average Bonchev–Trinajstić information content (AvgIpc) is 2.81. The molecule has 0 spiro atoms. The summed E-state index contributed by atoms with van der Waals surface area (Å²) in [5.74, 6) is 4.21. The maximum atomic E-state index is 5.26. The van der Waals surface area contributed by atoms with E-state index in [0.29, 0.717) is 4.58 Å². The molecule has 1 aromatic rings. The SMILES string of the molecule is COc1cc(OC)cc(C2SCCS2)c1. The molecule has 1 fully saturated rings. The van der Waals surface area contributed by atoms with Gasteiger partial charge in [0.2, 0.25) is 0 Å². The quantitative estimate of drug-likeness (QED) is 0.810. The Morgan fingerprint density at radius 3 is 2.00 bits per heavy atom. The maximum Gasteiger partial charge on any atom is 0.122 e. The van der Waals surface area contributed by atoms with E-state index < -0.39 is 0 Å². The number of hydrogen-bond donors (Lipinski definition) is 0. The molecule has 2 rings (SSSR count). The molecule has 1 heterocycles. The van der Waals surface area contributed by atoms with Crippen LogP contribution in [0.15, 0.2) is 18.2 Å². The molecule has 4 heteroatoms. The van der Waals surface area contributed by atoms with Crippen LogP contribution in [0.5, 0.6) is 11.5 Å². The van der Waals surface area contributed by atoms with Crippen LogP contribution in [-0.2, 0) is 0 Å². The topological polar surface area (TPSA) is 18.5 Å². The predicted octanol–water partition coefficient (Wildman–Crippen LogP) is 3.18. The fourth-order valence-electron chi connectivity index (χ4n) is 1.52. The fourth-order valence-corrected chi connectivity index (χ4v) is 4.33. The Morgan fingerprint density at radius 2 is 1.53 bits per heavy atom. The van der Waals surface area contributed by atoms with Gasteiger partial charge in [-0.15, -0.1) is 23.5 Å². The van der Waals surface area contributed by atoms with Crippen LogP contribution >= 0.6 is 23.5 Å². The van der Waals surface area contributed by atoms with E-state index in [1.54, 1.807) is 14.2 Å². The summed E-state index contributed by atoms with van der Waals surface area (Å²) < 4.78 is 11.1. The van der Waals surface area contributed by atoms with Gasteiger partial charge >= 0.3 is 0 Å². The third-order valence-corrected chi connectivity index (χ3v) is 5.37. The van der Waals surface area contributed by atoms with E-state index in [1.165, 1.54) is 17.1 Å². The minimum Gasteiger partial charge on any atom is -0.497 e. The van der Waals surface area contributed by atoms with Gasteiger partial charge in [-0.05, 0) is 17.7 Å². The summed E-state index contributed by atoms with van der Waals surface area (Å²) in [6.07, 6.45) is 0. The molecule has 1 aliphatic heterocycles. The van der Waals surface area contributed by atoms with Crippen molar-refractivity contribution in [2.24, 2.45) is 0 Å². The van der Waals surface area contributed by atoms with Gasteiger partial charge in [-0.25, -0.2) is 0 Å². The van der Waals surface area contributed by atoms with E-state index in [-0.39, 0.29) is 0 Å². The molecule has 82 valence electrons. The molecule has 0 aromatic heterocycles. The summed E-state index contributed by atoms with van der Waals surface area (Å²) in [6.45, 7) is 0. The van der Waals surface area contributed by atoms with Crippen molar-refractivity contribution in [3.8, 4) is 11.5 Å². The van der Waals surface area contributed by atoms with Crippen molar-refractivity contribution in [3.63, 3.8) is 0 Å². The van der Waals surface area contributed by atoms with Crippen molar-refractivity contribution in [2.75, 3.05) is 25.7 Å². The minimum atomic E-state index is 0.536. The van der Waals surface area contributed by atoms with Crippen LogP contribution in [0.2, 0.25) is 0 Å². The zero-order chi connectivity index (χ0) is 10.7. The van der Waals surface area contributed by atoms with E-state index in [2.05, 4.69) is 12.1 Å². The van der Waals surface area contributed by atoms with Crippen molar-refractivity contribution in [3.05, 3.63) is 23.8 Å². The fraction of sp³-hybridized carbons (Fsp3) is 0.455. The van der Waals surface area contributed by atoms with Crippen LogP contribution in [0.4, 0.5) is 0 Å². The lowest BCUT2D eigenvalue weighted by Crippen LogP contribution is -1.91. The third-order valence-electron chi connectivity index (χ3n) is 2.27. The molecule has 0 aliphatic carbocycles. The highest BCUT2D eigenvalue weighted by molar-refractivity contribution is 8.19. The van der Waals surface area contributed by atoms with Gasteiger partial charge < -0.3 is 9.47 Å². The lowest BCUT2D eigenvalue weighted by Gasteiger charge is -2.12. The molecule has 0 atom stereocenters. The first-order chi connectivity index (χ1) is 7.33. The zero-order valence-corrected chi connectivity index (χ0v) is 10.5. The lowest BCUT2D eigenvalue weighted by atomic mass is 10.2. The molecule has 2 nitrogen and oxygen atoms in total. The van der Waals surface area contributed by atoms with Gasteiger partial charge in [0.25, 0.3) is 0 Å². The Labute approximate surface area is 98.7 Å². The first kappa shape index (κ1) is 11.0. The van der Waals surface area contributed by atoms with E-state index in [1.807, 2.05) is 29.6 Å². The smallest absolute Gasteiger partial charge is 0.122 e. The van der Waals surface area contributed by atoms with Crippen molar-refractivity contribution in [2.45, 2.75) is 4.58 Å². The van der Waals surface area contributed by atoms with Crippen molar-refractivity contribution in [1.29, 1.82) is 0 Å². The number of hydrogen-bond acceptors (Lipinski definition) is 4. The number of methoxy groups -OCH3 is 2. The summed E-state index contributed by atoms with van der Waals surface area (Å²) in [6, 6.07) is 6.10. The largest absolute Gasteiger partial charge is 0.497 e. The van der Waals surface area contributed by atoms with Crippen LogP contribution in [-0.4, -0.2) is 25.7 Å². The van der Waals surface area contributed by atoms with Gasteiger partial charge in [0.15, 0.2) is 0 Å². The highest BCUT2D eigenvalue weighted by Gasteiger charge is 2.19. The Kier molecular flexibility index (Phi) is 3.70. The Bertz CT molecular complexity index is 313. The molecule has 15 heavy (non-hydrogen) atoms. The van der Waals surface area contributed by atoms with Gasteiger partial charge in [0, 0.05) is 17.6 Å². The van der Waals surface area contributed by atoms with Crippen LogP contribution in [0.1, 0.15) is 10.1 Å². The highest BCUT2D eigenvalue weighted by Crippen LogP contribution is 2.46. The van der Waals surface area contributed by atoms with E-state index in [4.69, 9.17) is 9.47 Å². The zero-order valence-electron chi connectivity index (χ0n) is 8.86. The Morgan fingerprint density at radius 1 is 1.00 bits per heavy atom. The second kappa shape index (κ2) is 5.03. The van der Waals surface area contributed by atoms with Crippen LogP contribution in [0, 0.1) is 0 Å². The summed E-state index contributed by atoms with van der Waals surface area (Å²) in [5, 5.41) is 0. The van der Waals surface area contributed by atoms with E-state index >= 15 is 0 Å². The van der Waals surface area contributed by atoms with Gasteiger partial charge in [-0.1, -0.05) is 0 Å². The summed E-state index contributed by atoms with van der Waals surface area (Å²) >= 11 is 3.97. The van der Waals surface area contributed by atoms with Gasteiger partial charge in [-0.3, -0.25) is 0 Å². The molecule has 0 N–H and O–H groups in total. The van der Waals surface area contributed by atoms with Crippen LogP contribution in [0.25, 0.3) is 0 Å². The van der Waals surface area contributed by atoms with Crippen molar-refractivity contribution in [1.82, 2.24) is 0 Å². The number of ether oxygens (including phenoxy) is 2. The first-order valence-corrected chi connectivity index (χ1v) is 6.89. The molecular weight excluding hydrogens is 228 g/mol. The average molecular weight is 242 g/mol. The molecule has 0 unspecified atom stereocenters. The maximum absolute atomic E-state index is 5.26. The van der Waals surface area contributed by atoms with Crippen molar-refractivity contribution >= 4 is 23.5 Å². The number of thioether (sulfide) groups is 2. The normalized spacial score (nSPS) is 16.7. The lowest BCUT2D eigenvalue weighted by molar-refractivity contribution is 0.393. The predicted molar refractivity (Wildman–Crippen MR) is 67.2 cm³/mol. The molecule has 0 saturated carbocycles. The highest BCUT2D eigenvalue weighted by atomic mass is 32.2. The van der Waals surface area contributed by atoms with Crippen LogP contribution < -0.4 is 9.47 Å². The number of rotatable bonds is 3. The van der Waals surface area contributed by atoms with Gasteiger partial charge in [0.05, 0.1) is 18.8 Å². The first-order valence-electron chi connectivity index (χ1n) is 4.79. The standard InChI is InChI=1S/C11H14O2S2/c1-12-9-5-8(6-10(7-9)13-2)11-14-3-4-15-11/h5-7,11H,3-4H2,1-2H3. The Balaban J connectivity index is 2.28. The summed E-state index contributed by atoms with van der Waals surface area (Å²) in [7, 11) is 3.38. The minimum absolute atomic E-state index is 0.536. The molecule has 1 saturated heterocycles. The van der Waals surface area contributed by atoms with Gasteiger partial charge in [-0.2, -0.15) is 0 Å². The molecule has 1 aliphatic rings. The second-order valence-electron chi connectivity index (χ2n) is 3.22. The second-order valence-corrected chi connectivity index (χ2v) is 5.94. The molecule has 0 amide bonds. The number of benzene rings is 1. The monoisotopic (exact) mass is 242 g/mol. The molecule has 0 radical (unpaired) electrons. The molecular formula is C11H14O2S2. The molecule has 0 bridgehead atoms. The van der Waals surface area contributed by atoms with E-state index in [0.717, 1.165) is 11.5 Å². The van der Waals surface area contributed by atoms with Gasteiger partial charge in [0.1, 0.15) is 11.5 Å². The summed E-state index contributed by atoms with van der Waals surface area (Å²) in [5.41, 5.74) is 1.29. The summed E-state index contributed by atoms with van der Waals surface area (Å²) in [4.78, 5) is 0.